The molecule has 4 heterocycles. The number of hydrogen-bond donors (Lipinski definition) is 0. The topological polar surface area (TPSA) is 99.1 Å². The molecule has 0 atom stereocenters. The summed E-state index contributed by atoms with van der Waals surface area (Å²) in [6.45, 7) is 0. The monoisotopic (exact) mass is 522 g/mol. The van der Waals surface area contributed by atoms with Gasteiger partial charge in [-0.05, 0) is 18.2 Å². The molecule has 0 aliphatic carbocycles. The van der Waals surface area contributed by atoms with E-state index in [1.165, 1.54) is 12.1 Å². The van der Waals surface area contributed by atoms with E-state index >= 15 is 0 Å². The van der Waals surface area contributed by atoms with Gasteiger partial charge in [-0.1, -0.05) is 0 Å². The molecule has 4 aromatic heterocycles. The van der Waals surface area contributed by atoms with Gasteiger partial charge in [-0.2, -0.15) is 51.8 Å². The summed E-state index contributed by atoms with van der Waals surface area (Å²) in [7, 11) is 0. The molecular weight excluding hydrogens is 519 g/mol. The van der Waals surface area contributed by atoms with E-state index in [1.807, 2.05) is 0 Å². The summed E-state index contributed by atoms with van der Waals surface area (Å²) in [4.78, 5) is 11.6. The highest BCUT2D eigenvalue weighted by molar-refractivity contribution is 5.89. The number of hydrogen-bond acceptors (Lipinski definition) is 6. The molecule has 0 radical (unpaired) electrons. The van der Waals surface area contributed by atoms with Crippen LogP contribution in [-0.4, -0.2) is 19.9 Å². The van der Waals surface area contributed by atoms with Crippen molar-refractivity contribution in [2.75, 3.05) is 0 Å². The summed E-state index contributed by atoms with van der Waals surface area (Å²) in [5, 5.41) is 19.5. The highest BCUT2D eigenvalue weighted by Crippen LogP contribution is 2.40. The quantitative estimate of drug-likeness (QED) is 0.269. The molecule has 0 spiro atoms. The lowest BCUT2D eigenvalue weighted by molar-refractivity contribution is 0.449. The minimum absolute atomic E-state index is 0.141. The molecule has 0 aliphatic heterocycles. The van der Waals surface area contributed by atoms with Gasteiger partial charge < -0.3 is 0 Å². The summed E-state index contributed by atoms with van der Waals surface area (Å²) >= 11 is 0. The maximum Gasteiger partial charge on any atom is 0.251 e. The molecule has 0 saturated heterocycles. The third kappa shape index (κ3) is 4.16. The largest absolute Gasteiger partial charge is 0.251 e. The average Bonchev–Trinajstić information content (AvgIpc) is 2.84. The van der Waals surface area contributed by atoms with Crippen molar-refractivity contribution < 1.29 is 39.5 Å². The van der Waals surface area contributed by atoms with Crippen LogP contribution in [0, 0.1) is 75.8 Å². The SMILES string of the molecule is N#Cc1c(-c2cc(F)c(F)nc2F)nc(-c2cc(F)c(F)nc2F)c(C#N)c1-c1cc(F)c(F)nc1F. The molecule has 6 nitrogen and oxygen atoms in total. The molecule has 0 aliphatic rings. The van der Waals surface area contributed by atoms with Crippen molar-refractivity contribution in [2.24, 2.45) is 0 Å². The van der Waals surface area contributed by atoms with Crippen LogP contribution in [0.5, 0.6) is 0 Å². The molecule has 4 rings (SSSR count). The maximum absolute atomic E-state index is 14.7. The molecule has 0 amide bonds. The van der Waals surface area contributed by atoms with Gasteiger partial charge in [0, 0.05) is 11.1 Å². The molecule has 15 heteroatoms. The molecule has 0 aromatic carbocycles. The summed E-state index contributed by atoms with van der Waals surface area (Å²) < 4.78 is 126. The highest BCUT2D eigenvalue weighted by atomic mass is 19.2. The Morgan fingerprint density at radius 2 is 0.784 bits per heavy atom. The van der Waals surface area contributed by atoms with Crippen LogP contribution in [0.25, 0.3) is 33.6 Å². The molecule has 0 bridgehead atoms. The van der Waals surface area contributed by atoms with Gasteiger partial charge in [-0.15, -0.1) is 0 Å². The van der Waals surface area contributed by atoms with E-state index in [0.29, 0.717) is 0 Å². The zero-order valence-corrected chi connectivity index (χ0v) is 17.3. The van der Waals surface area contributed by atoms with Crippen LogP contribution in [0.2, 0.25) is 0 Å². The standard InChI is InChI=1S/C22H3F9N6/c23-11-1-6(17(26)35-20(11)29)14-9(4-32)15(7-2-12(24)21(30)36-18(7)27)34-16(10(14)5-33)8-3-13(25)22(31)37-19(8)28/h1-3H. The molecule has 0 unspecified atom stereocenters. The van der Waals surface area contributed by atoms with Gasteiger partial charge in [0.25, 0.3) is 17.8 Å². The summed E-state index contributed by atoms with van der Waals surface area (Å²) in [6, 6.07) is 3.23. The summed E-state index contributed by atoms with van der Waals surface area (Å²) in [5.41, 5.74) is -8.37. The predicted octanol–water partition coefficient (Wildman–Crippen LogP) is 5.26. The molecular formula is C22H3F9N6. The zero-order valence-electron chi connectivity index (χ0n) is 17.3. The lowest BCUT2D eigenvalue weighted by atomic mass is 9.90. The second kappa shape index (κ2) is 9.19. The normalized spacial score (nSPS) is 10.8. The fourth-order valence-electron chi connectivity index (χ4n) is 3.31. The Morgan fingerprint density at radius 3 is 1.14 bits per heavy atom. The number of nitrogens with zero attached hydrogens (tertiary/aromatic N) is 6. The van der Waals surface area contributed by atoms with Crippen LogP contribution in [0.3, 0.4) is 0 Å². The van der Waals surface area contributed by atoms with Crippen LogP contribution >= 0.6 is 0 Å². The molecule has 0 fully saturated rings. The third-order valence-electron chi connectivity index (χ3n) is 4.86. The van der Waals surface area contributed by atoms with Crippen LogP contribution in [-0.2, 0) is 0 Å². The first-order valence-corrected chi connectivity index (χ1v) is 9.42. The number of rotatable bonds is 3. The Bertz CT molecular complexity index is 1620. The number of pyridine rings is 4. The highest BCUT2D eigenvalue weighted by Gasteiger charge is 2.30. The summed E-state index contributed by atoms with van der Waals surface area (Å²) in [5.74, 6) is -16.5. The third-order valence-corrected chi connectivity index (χ3v) is 4.86. The molecule has 4 aromatic rings. The van der Waals surface area contributed by atoms with Gasteiger partial charge >= 0.3 is 0 Å². The maximum atomic E-state index is 14.7. The summed E-state index contributed by atoms with van der Waals surface area (Å²) in [6.07, 6.45) is 0. The smallest absolute Gasteiger partial charge is 0.245 e. The van der Waals surface area contributed by atoms with E-state index < -0.39 is 97.9 Å². The average molecular weight is 522 g/mol. The van der Waals surface area contributed by atoms with Gasteiger partial charge in [0.15, 0.2) is 17.5 Å². The first-order chi connectivity index (χ1) is 17.5. The number of aromatic nitrogens is 4. The van der Waals surface area contributed by atoms with Crippen LogP contribution in [0.1, 0.15) is 11.1 Å². The van der Waals surface area contributed by atoms with Crippen LogP contribution < -0.4 is 0 Å². The minimum atomic E-state index is -1.93. The Morgan fingerprint density at radius 1 is 0.459 bits per heavy atom. The van der Waals surface area contributed by atoms with Gasteiger partial charge in [0.2, 0.25) is 17.8 Å². The molecule has 0 saturated carbocycles. The number of nitriles is 2. The molecule has 0 N–H and O–H groups in total. The van der Waals surface area contributed by atoms with E-state index in [9.17, 15) is 50.0 Å². The fourth-order valence-corrected chi connectivity index (χ4v) is 3.31. The Hall–Kier alpha value is -5.05. The van der Waals surface area contributed by atoms with Crippen molar-refractivity contribution in [2.45, 2.75) is 0 Å². The Balaban J connectivity index is 2.27. The lowest BCUT2D eigenvalue weighted by Crippen LogP contribution is -2.08. The van der Waals surface area contributed by atoms with Crippen LogP contribution in [0.15, 0.2) is 18.2 Å². The minimum Gasteiger partial charge on any atom is -0.245 e. The van der Waals surface area contributed by atoms with E-state index in [1.54, 1.807) is 0 Å². The van der Waals surface area contributed by atoms with Gasteiger partial charge in [-0.25, -0.2) is 18.2 Å². The van der Waals surface area contributed by atoms with Gasteiger partial charge in [0.05, 0.1) is 33.6 Å². The Kier molecular flexibility index (Phi) is 6.23. The molecule has 37 heavy (non-hydrogen) atoms. The first kappa shape index (κ1) is 25.1. The first-order valence-electron chi connectivity index (χ1n) is 9.42. The van der Waals surface area contributed by atoms with E-state index in [4.69, 9.17) is 0 Å². The Labute approximate surface area is 198 Å². The fraction of sp³-hybridized carbons (Fsp3) is 0. The van der Waals surface area contributed by atoms with E-state index in [0.717, 1.165) is 0 Å². The molecule has 184 valence electrons. The van der Waals surface area contributed by atoms with Crippen molar-refractivity contribution in [1.29, 1.82) is 10.5 Å². The van der Waals surface area contributed by atoms with Crippen molar-refractivity contribution in [3.8, 4) is 45.8 Å². The number of halogens is 9. The second-order valence-electron chi connectivity index (χ2n) is 6.96. The van der Waals surface area contributed by atoms with Crippen molar-refractivity contribution in [1.82, 2.24) is 19.9 Å². The van der Waals surface area contributed by atoms with Crippen LogP contribution in [0.4, 0.5) is 39.5 Å². The van der Waals surface area contributed by atoms with Crippen molar-refractivity contribution in [3.63, 3.8) is 0 Å². The predicted molar refractivity (Wildman–Crippen MR) is 103 cm³/mol. The second-order valence-corrected chi connectivity index (χ2v) is 6.96. The van der Waals surface area contributed by atoms with E-state index in [-0.39, 0.29) is 18.2 Å². The van der Waals surface area contributed by atoms with Crippen molar-refractivity contribution in [3.05, 3.63) is 82.5 Å². The van der Waals surface area contributed by atoms with Gasteiger partial charge in [0.1, 0.15) is 12.1 Å². The van der Waals surface area contributed by atoms with Gasteiger partial charge in [-0.3, -0.25) is 0 Å². The lowest BCUT2D eigenvalue weighted by Gasteiger charge is -2.16. The zero-order chi connectivity index (χ0) is 27.2. The van der Waals surface area contributed by atoms with Crippen molar-refractivity contribution >= 4 is 0 Å². The van der Waals surface area contributed by atoms with E-state index in [2.05, 4.69) is 19.9 Å².